The highest BCUT2D eigenvalue weighted by atomic mass is 16.8. The normalized spacial score (nSPS) is 28.5. The monoisotopic (exact) mass is 1310 g/mol. The first-order chi connectivity index (χ1) is 45.3. The maximum atomic E-state index is 13.3. The molecular formula is C74H119NO18. The van der Waals surface area contributed by atoms with Gasteiger partial charge in [-0.1, -0.05) is 217 Å². The molecular weight excluding hydrogens is 1190 g/mol. The van der Waals surface area contributed by atoms with Crippen LogP contribution in [-0.2, 0) is 33.2 Å². The molecule has 3 heterocycles. The minimum absolute atomic E-state index is 0.220. The van der Waals surface area contributed by atoms with Crippen molar-refractivity contribution in [1.82, 2.24) is 5.32 Å². The van der Waals surface area contributed by atoms with E-state index in [0.717, 1.165) is 154 Å². The van der Waals surface area contributed by atoms with Crippen molar-refractivity contribution in [3.63, 3.8) is 0 Å². The summed E-state index contributed by atoms with van der Waals surface area (Å²) >= 11 is 0. The van der Waals surface area contributed by atoms with Gasteiger partial charge in [0, 0.05) is 6.42 Å². The molecule has 0 aliphatic carbocycles. The molecule has 0 aromatic carbocycles. The van der Waals surface area contributed by atoms with Crippen LogP contribution in [0.2, 0.25) is 0 Å². The van der Waals surface area contributed by atoms with Gasteiger partial charge in [-0.25, -0.2) is 0 Å². The molecule has 93 heavy (non-hydrogen) atoms. The van der Waals surface area contributed by atoms with Crippen molar-refractivity contribution in [2.45, 2.75) is 285 Å². The van der Waals surface area contributed by atoms with Crippen LogP contribution in [0.25, 0.3) is 0 Å². The largest absolute Gasteiger partial charge is 0.394 e. The summed E-state index contributed by atoms with van der Waals surface area (Å²) in [5, 5.41) is 120. The molecule has 0 radical (unpaired) electrons. The van der Waals surface area contributed by atoms with Gasteiger partial charge in [0.25, 0.3) is 0 Å². The summed E-state index contributed by atoms with van der Waals surface area (Å²) in [6.07, 6.45) is 50.3. The van der Waals surface area contributed by atoms with Gasteiger partial charge < -0.3 is 89.9 Å². The number of unbranched alkanes of at least 4 members (excludes halogenated alkanes) is 12. The highest BCUT2D eigenvalue weighted by Crippen LogP contribution is 2.33. The molecule has 3 rings (SSSR count). The third-order valence-corrected chi connectivity index (χ3v) is 16.1. The standard InChI is InChI=1S/C74H119NO18/c1-3-5-7-9-11-12-13-14-15-16-17-18-19-20-21-22-23-24-25-26-27-28-29-30-31-32-33-34-35-36-37-38-39-40-41-42-43-44-46-48-50-52-62(80)75-57(58(79)51-49-47-45-10-8-6-4-2)56-88-72-68(86)65(83)70(60(54-77)90-72)93-74-69(87)66(84)71(61(55-78)91-74)92-73-67(85)64(82)63(81)59(53-76)89-73/h5,7,11-12,14-15,17-18,20-21,23-24,26-27,29-30,32-33,35-36,38-39,49,51,57-61,63-74,76-79,81-87H,3-4,6,8-10,13,16,19,22,25,28,31,34,37,40-48,50,52-56H2,1-2H3,(H,75,80)/b7-5-,12-11-,15-14-,18-17-,21-20-,24-23-,27-26-,30-29-,33-32-,36-35-,39-38-,51-49+. The van der Waals surface area contributed by atoms with E-state index in [1.165, 1.54) is 0 Å². The number of rotatable bonds is 50. The molecule has 0 spiro atoms. The molecule has 12 N–H and O–H groups in total. The van der Waals surface area contributed by atoms with Gasteiger partial charge in [0.2, 0.25) is 5.91 Å². The Labute approximate surface area is 555 Å². The van der Waals surface area contributed by atoms with Crippen LogP contribution < -0.4 is 5.32 Å². The van der Waals surface area contributed by atoms with E-state index in [2.05, 4.69) is 153 Å². The van der Waals surface area contributed by atoms with Crippen LogP contribution in [0.5, 0.6) is 0 Å². The Morgan fingerprint density at radius 3 is 1.16 bits per heavy atom. The van der Waals surface area contributed by atoms with Crippen molar-refractivity contribution < 1.29 is 89.4 Å². The Morgan fingerprint density at radius 1 is 0.398 bits per heavy atom. The van der Waals surface area contributed by atoms with E-state index in [1.807, 2.05) is 6.08 Å². The lowest BCUT2D eigenvalue weighted by Gasteiger charge is -2.48. The molecule has 0 bridgehead atoms. The molecule has 3 fully saturated rings. The maximum Gasteiger partial charge on any atom is 0.220 e. The molecule has 19 heteroatoms. The minimum Gasteiger partial charge on any atom is -0.394 e. The Kier molecular flexibility index (Phi) is 47.9. The van der Waals surface area contributed by atoms with Gasteiger partial charge in [0.05, 0.1) is 38.6 Å². The highest BCUT2D eigenvalue weighted by Gasteiger charge is 2.53. The molecule has 17 atom stereocenters. The third-order valence-electron chi connectivity index (χ3n) is 16.1. The van der Waals surface area contributed by atoms with Crippen LogP contribution in [0.1, 0.15) is 181 Å². The van der Waals surface area contributed by atoms with Gasteiger partial charge in [-0.2, -0.15) is 0 Å². The Balaban J connectivity index is 1.29. The van der Waals surface area contributed by atoms with Gasteiger partial charge in [0.1, 0.15) is 73.2 Å². The van der Waals surface area contributed by atoms with E-state index < -0.39 is 124 Å². The molecule has 0 aromatic heterocycles. The van der Waals surface area contributed by atoms with E-state index >= 15 is 0 Å². The second kappa shape index (κ2) is 53.8. The summed E-state index contributed by atoms with van der Waals surface area (Å²) in [6.45, 7) is 1.49. The fourth-order valence-electron chi connectivity index (χ4n) is 10.5. The van der Waals surface area contributed by atoms with Crippen molar-refractivity contribution in [3.8, 4) is 0 Å². The van der Waals surface area contributed by atoms with Crippen LogP contribution in [0.15, 0.2) is 146 Å². The van der Waals surface area contributed by atoms with Crippen LogP contribution in [-0.4, -0.2) is 193 Å². The number of carbonyl (C=O) groups excluding carboxylic acids is 1. The average molecular weight is 1310 g/mol. The van der Waals surface area contributed by atoms with Crippen molar-refractivity contribution in [2.24, 2.45) is 0 Å². The number of carbonyl (C=O) groups is 1. The van der Waals surface area contributed by atoms with Crippen molar-refractivity contribution in [2.75, 3.05) is 26.4 Å². The highest BCUT2D eigenvalue weighted by molar-refractivity contribution is 5.76. The van der Waals surface area contributed by atoms with Crippen LogP contribution in [0.4, 0.5) is 0 Å². The van der Waals surface area contributed by atoms with Gasteiger partial charge >= 0.3 is 0 Å². The zero-order valence-electron chi connectivity index (χ0n) is 55.7. The average Bonchev–Trinajstić information content (AvgIpc) is 0.798. The van der Waals surface area contributed by atoms with Gasteiger partial charge in [-0.15, -0.1) is 0 Å². The zero-order valence-corrected chi connectivity index (χ0v) is 55.7. The number of allylic oxidation sites excluding steroid dienone is 23. The third kappa shape index (κ3) is 35.5. The quantitative estimate of drug-likeness (QED) is 0.0199. The predicted octanol–water partition coefficient (Wildman–Crippen LogP) is 9.15. The summed E-state index contributed by atoms with van der Waals surface area (Å²) in [6, 6.07) is -0.986. The van der Waals surface area contributed by atoms with E-state index in [9.17, 15) is 61.0 Å². The predicted molar refractivity (Wildman–Crippen MR) is 364 cm³/mol. The van der Waals surface area contributed by atoms with Crippen LogP contribution in [0.3, 0.4) is 0 Å². The van der Waals surface area contributed by atoms with Crippen LogP contribution in [0, 0.1) is 0 Å². The summed E-state index contributed by atoms with van der Waals surface area (Å²) in [5.74, 6) is -0.299. The number of aliphatic hydroxyl groups is 11. The van der Waals surface area contributed by atoms with Gasteiger partial charge in [-0.3, -0.25) is 4.79 Å². The first kappa shape index (κ1) is 82.9. The number of hydrogen-bond acceptors (Lipinski definition) is 18. The first-order valence-corrected chi connectivity index (χ1v) is 34.6. The van der Waals surface area contributed by atoms with E-state index in [4.69, 9.17) is 28.4 Å². The topological polar surface area (TPSA) is 307 Å². The van der Waals surface area contributed by atoms with Crippen molar-refractivity contribution in [1.29, 1.82) is 0 Å². The van der Waals surface area contributed by atoms with E-state index in [1.54, 1.807) is 6.08 Å². The van der Waals surface area contributed by atoms with E-state index in [-0.39, 0.29) is 18.9 Å². The lowest BCUT2D eigenvalue weighted by molar-refractivity contribution is -0.379. The Hall–Kier alpha value is -4.33. The van der Waals surface area contributed by atoms with Crippen molar-refractivity contribution in [3.05, 3.63) is 146 Å². The second-order valence-corrected chi connectivity index (χ2v) is 23.9. The molecule has 528 valence electrons. The summed E-state index contributed by atoms with van der Waals surface area (Å²) < 4.78 is 34.2. The molecule has 0 saturated carbocycles. The molecule has 3 saturated heterocycles. The number of amides is 1. The lowest BCUT2D eigenvalue weighted by Crippen LogP contribution is -2.66. The van der Waals surface area contributed by atoms with Gasteiger partial charge in [0.15, 0.2) is 18.9 Å². The number of aliphatic hydroxyl groups excluding tert-OH is 11. The summed E-state index contributed by atoms with van der Waals surface area (Å²) in [7, 11) is 0. The fourth-order valence-corrected chi connectivity index (χ4v) is 10.5. The number of ether oxygens (including phenoxy) is 6. The molecule has 19 nitrogen and oxygen atoms in total. The summed E-state index contributed by atoms with van der Waals surface area (Å²) in [5.41, 5.74) is 0. The number of nitrogens with one attached hydrogen (secondary N) is 1. The molecule has 3 aliphatic rings. The SMILES string of the molecule is CC/C=C\C/C=C\C/C=C\C/C=C\C/C=C\C/C=C\C/C=C\C/C=C\C/C=C\C/C=C\C/C=C\CCCCCCCCCC(=O)NC(COC1OC(CO)C(OC2OC(CO)C(OC3OC(CO)C(O)C(O)C3O)C(O)C2O)C(O)C1O)C(O)/C=C/CCCCCCC. The van der Waals surface area contributed by atoms with Gasteiger partial charge in [-0.05, 0) is 103 Å². The number of hydrogen-bond donors (Lipinski definition) is 12. The molecule has 1 amide bonds. The molecule has 17 unspecified atom stereocenters. The zero-order chi connectivity index (χ0) is 67.5. The Bertz CT molecular complexity index is 2250. The Morgan fingerprint density at radius 2 is 0.742 bits per heavy atom. The molecule has 0 aromatic rings. The fraction of sp³-hybridized carbons (Fsp3) is 0.662. The van der Waals surface area contributed by atoms with Crippen molar-refractivity contribution >= 4 is 5.91 Å². The van der Waals surface area contributed by atoms with E-state index in [0.29, 0.717) is 6.42 Å². The lowest BCUT2D eigenvalue weighted by atomic mass is 9.96. The molecule has 3 aliphatic heterocycles. The smallest absolute Gasteiger partial charge is 0.220 e. The van der Waals surface area contributed by atoms with Crippen LogP contribution >= 0.6 is 0 Å². The second-order valence-electron chi connectivity index (χ2n) is 23.9. The summed E-state index contributed by atoms with van der Waals surface area (Å²) in [4.78, 5) is 13.3. The maximum absolute atomic E-state index is 13.3. The minimum atomic E-state index is -1.98. The first-order valence-electron chi connectivity index (χ1n) is 34.6.